The first kappa shape index (κ1) is 29.4. The zero-order valence-corrected chi connectivity index (χ0v) is 25.5. The summed E-state index contributed by atoms with van der Waals surface area (Å²) >= 11 is 0. The first-order valence-corrected chi connectivity index (χ1v) is 16.2. The topological polar surface area (TPSA) is 99.5 Å². The molecule has 0 saturated heterocycles. The summed E-state index contributed by atoms with van der Waals surface area (Å²) in [4.78, 5) is 4.18. The van der Waals surface area contributed by atoms with E-state index >= 15 is 0 Å². The Kier molecular flexibility index (Phi) is 8.14. The van der Waals surface area contributed by atoms with Crippen molar-refractivity contribution in [2.75, 3.05) is 44.5 Å². The van der Waals surface area contributed by atoms with Crippen molar-refractivity contribution in [1.29, 1.82) is 0 Å². The first-order valence-electron chi connectivity index (χ1n) is 13.4. The van der Waals surface area contributed by atoms with E-state index in [2.05, 4.69) is 4.36 Å². The molecule has 218 valence electrons. The van der Waals surface area contributed by atoms with Crippen molar-refractivity contribution in [2.24, 2.45) is 4.36 Å². The molecule has 5 aromatic carbocycles. The second-order valence-corrected chi connectivity index (χ2v) is 13.5. The number of benzene rings is 5. The number of anilines is 2. The van der Waals surface area contributed by atoms with E-state index in [0.29, 0.717) is 16.3 Å². The molecule has 0 aromatic heterocycles. The van der Waals surface area contributed by atoms with E-state index in [-0.39, 0.29) is 28.5 Å². The largest absolute Gasteiger partial charge is 0.379 e. The molecular weight excluding hydrogens is 571 g/mol. The van der Waals surface area contributed by atoms with Crippen LogP contribution in [0.15, 0.2) is 111 Å². The highest BCUT2D eigenvalue weighted by Crippen LogP contribution is 2.33. The number of nitrogens with zero attached hydrogens (tertiary/aromatic N) is 3. The lowest BCUT2D eigenvalue weighted by Crippen LogP contribution is -2.13. The normalized spacial score (nSPS) is 13.1. The fourth-order valence-corrected chi connectivity index (χ4v) is 7.45. The van der Waals surface area contributed by atoms with Crippen LogP contribution in [0.5, 0.6) is 5.75 Å². The summed E-state index contributed by atoms with van der Waals surface area (Å²) in [5, 5.41) is 2.86. The number of rotatable bonds is 9. The van der Waals surface area contributed by atoms with Crippen LogP contribution in [0.4, 0.5) is 11.4 Å². The molecule has 1 atom stereocenters. The molecule has 5 rings (SSSR count). The molecular formula is C32H33N3O5S2. The Morgan fingerprint density at radius 3 is 1.74 bits per heavy atom. The lowest BCUT2D eigenvalue weighted by molar-refractivity contribution is 0.483. The lowest BCUT2D eigenvalue weighted by atomic mass is 10.1. The van der Waals surface area contributed by atoms with Crippen molar-refractivity contribution in [3.8, 4) is 5.75 Å². The molecule has 0 radical (unpaired) electrons. The molecule has 0 aliphatic rings. The summed E-state index contributed by atoms with van der Waals surface area (Å²) < 4.78 is 61.3. The average Bonchev–Trinajstić information content (AvgIpc) is 2.96. The standard InChI is InChI=1S/C32H33N3O5S2/c1-34(2)28-16-7-14-26-24(28)12-9-19-31(26)41(36,37)33-22-21-23-11-5-6-18-30(23)40-42(38,39)32-20-10-13-25-27(32)15-8-17-29(25)35(3)4/h5-20H,21-22H2,1-4H3,(H,33,36,37). The average molecular weight is 604 g/mol. The molecule has 0 amide bonds. The molecule has 10 heteroatoms. The Bertz CT molecular complexity index is 2010. The molecule has 0 saturated carbocycles. The van der Waals surface area contributed by atoms with Crippen molar-refractivity contribution in [3.05, 3.63) is 103 Å². The minimum Gasteiger partial charge on any atom is -0.379 e. The zero-order chi connectivity index (χ0) is 30.1. The Morgan fingerprint density at radius 2 is 1.14 bits per heavy atom. The Morgan fingerprint density at radius 1 is 0.643 bits per heavy atom. The van der Waals surface area contributed by atoms with Gasteiger partial charge in [0.15, 0.2) is 10.0 Å². The highest BCUT2D eigenvalue weighted by atomic mass is 32.2. The van der Waals surface area contributed by atoms with Crippen LogP contribution in [0.25, 0.3) is 21.5 Å². The molecule has 8 nitrogen and oxygen atoms in total. The summed E-state index contributed by atoms with van der Waals surface area (Å²) in [6, 6.07) is 28.3. The summed E-state index contributed by atoms with van der Waals surface area (Å²) in [6.45, 7) is -0.0139. The maximum atomic E-state index is 13.5. The zero-order valence-electron chi connectivity index (χ0n) is 23.9. The summed E-state index contributed by atoms with van der Waals surface area (Å²) in [5.41, 5.74) is 2.38. The van der Waals surface area contributed by atoms with E-state index in [9.17, 15) is 17.2 Å². The van der Waals surface area contributed by atoms with Gasteiger partial charge < -0.3 is 14.0 Å². The van der Waals surface area contributed by atoms with Crippen molar-refractivity contribution in [1.82, 2.24) is 0 Å². The summed E-state index contributed by atoms with van der Waals surface area (Å²) in [5.74, 6) is 0.152. The van der Waals surface area contributed by atoms with Gasteiger partial charge in [0.05, 0.1) is 11.4 Å². The summed E-state index contributed by atoms with van der Waals surface area (Å²) in [7, 11) is -0.284. The van der Waals surface area contributed by atoms with Crippen molar-refractivity contribution in [3.63, 3.8) is 0 Å². The Labute approximate surface area is 247 Å². The fourth-order valence-electron chi connectivity index (χ4n) is 5.07. The van der Waals surface area contributed by atoms with Gasteiger partial charge in [-0.05, 0) is 42.3 Å². The van der Waals surface area contributed by atoms with Gasteiger partial charge in [-0.25, -0.2) is 8.57 Å². The molecule has 0 spiro atoms. The predicted molar refractivity (Wildman–Crippen MR) is 171 cm³/mol. The third kappa shape index (κ3) is 5.78. The smallest absolute Gasteiger partial charge is 0.339 e. The molecule has 0 fully saturated rings. The predicted octanol–water partition coefficient (Wildman–Crippen LogP) is 6.44. The van der Waals surface area contributed by atoms with Crippen molar-refractivity contribution < 1.29 is 21.4 Å². The number of hydrogen-bond donors (Lipinski definition) is 1. The summed E-state index contributed by atoms with van der Waals surface area (Å²) in [6.07, 6.45) is 0.206. The van der Waals surface area contributed by atoms with E-state index in [1.54, 1.807) is 48.5 Å². The van der Waals surface area contributed by atoms with Crippen LogP contribution in [0.3, 0.4) is 0 Å². The van der Waals surface area contributed by atoms with Crippen LogP contribution in [-0.2, 0) is 26.5 Å². The van der Waals surface area contributed by atoms with E-state index in [1.165, 1.54) is 6.07 Å². The third-order valence-electron chi connectivity index (χ3n) is 7.06. The van der Waals surface area contributed by atoms with Crippen LogP contribution in [0, 0.1) is 0 Å². The van der Waals surface area contributed by atoms with Crippen LogP contribution < -0.4 is 14.0 Å². The first-order chi connectivity index (χ1) is 20.0. The van der Waals surface area contributed by atoms with Crippen molar-refractivity contribution in [2.45, 2.75) is 16.2 Å². The van der Waals surface area contributed by atoms with Gasteiger partial charge in [-0.3, -0.25) is 4.55 Å². The molecule has 0 bridgehead atoms. The Hall–Kier alpha value is -4.12. The van der Waals surface area contributed by atoms with E-state index in [1.807, 2.05) is 80.5 Å². The quantitative estimate of drug-likeness (QED) is 0.194. The van der Waals surface area contributed by atoms with Gasteiger partial charge in [-0.2, -0.15) is 8.42 Å². The van der Waals surface area contributed by atoms with Gasteiger partial charge in [-0.15, -0.1) is 0 Å². The van der Waals surface area contributed by atoms with Crippen LogP contribution in [0.2, 0.25) is 0 Å². The monoisotopic (exact) mass is 603 g/mol. The van der Waals surface area contributed by atoms with E-state index in [4.69, 9.17) is 4.18 Å². The molecule has 1 N–H and O–H groups in total. The van der Waals surface area contributed by atoms with Gasteiger partial charge >= 0.3 is 10.1 Å². The van der Waals surface area contributed by atoms with Crippen LogP contribution >= 0.6 is 0 Å². The van der Waals surface area contributed by atoms with Gasteiger partial charge in [0, 0.05) is 61.1 Å². The van der Waals surface area contributed by atoms with Gasteiger partial charge in [-0.1, -0.05) is 66.7 Å². The fraction of sp³-hybridized carbons (Fsp3) is 0.188. The lowest BCUT2D eigenvalue weighted by Gasteiger charge is -2.17. The molecule has 0 heterocycles. The maximum absolute atomic E-state index is 13.5. The van der Waals surface area contributed by atoms with E-state index < -0.39 is 20.1 Å². The maximum Gasteiger partial charge on any atom is 0.339 e. The number of hydrogen-bond acceptors (Lipinski definition) is 7. The number of para-hydroxylation sites is 1. The van der Waals surface area contributed by atoms with E-state index in [0.717, 1.165) is 22.1 Å². The molecule has 0 aliphatic heterocycles. The molecule has 42 heavy (non-hydrogen) atoms. The minimum absolute atomic E-state index is 0.0139. The second kappa shape index (κ2) is 11.6. The third-order valence-corrected chi connectivity index (χ3v) is 9.81. The second-order valence-electron chi connectivity index (χ2n) is 10.3. The highest BCUT2D eigenvalue weighted by Gasteiger charge is 2.22. The van der Waals surface area contributed by atoms with Crippen LogP contribution in [-0.4, -0.2) is 51.9 Å². The number of fused-ring (bicyclic) bond motifs is 2. The molecule has 5 aromatic rings. The molecule has 1 unspecified atom stereocenters. The highest BCUT2D eigenvalue weighted by molar-refractivity contribution is 7.88. The van der Waals surface area contributed by atoms with Crippen molar-refractivity contribution >= 4 is 53.0 Å². The minimum atomic E-state index is -4.20. The van der Waals surface area contributed by atoms with Crippen LogP contribution in [0.1, 0.15) is 5.56 Å². The van der Waals surface area contributed by atoms with Gasteiger partial charge in [0.1, 0.15) is 10.6 Å². The SMILES string of the molecule is CN(C)c1cccc2c(S(=O)(=O)Oc3ccccc3CCN=S(=O)(O)c3cccc4c(N(C)C)cccc34)cccc12. The van der Waals surface area contributed by atoms with Gasteiger partial charge in [0.25, 0.3) is 0 Å². The van der Waals surface area contributed by atoms with Gasteiger partial charge in [0.2, 0.25) is 0 Å². The Balaban J connectivity index is 1.43. The molecule has 0 aliphatic carbocycles.